The quantitative estimate of drug-likeness (QED) is 0.714. The van der Waals surface area contributed by atoms with Gasteiger partial charge in [0.25, 0.3) is 0 Å². The first-order valence-corrected chi connectivity index (χ1v) is 11.4. The van der Waals surface area contributed by atoms with Crippen molar-refractivity contribution in [1.82, 2.24) is 10.2 Å². The Hall–Kier alpha value is -3.32. The van der Waals surface area contributed by atoms with E-state index in [1.54, 1.807) is 0 Å². The lowest BCUT2D eigenvalue weighted by Crippen LogP contribution is -2.50. The minimum Gasteiger partial charge on any atom is -0.486 e. The number of amides is 2. The van der Waals surface area contributed by atoms with Crippen LogP contribution in [0, 0.1) is 11.8 Å². The normalized spacial score (nSPS) is 33.3. The minimum atomic E-state index is -0.792. The highest BCUT2D eigenvalue weighted by Gasteiger charge is 2.71. The number of hydrogen-bond donors (Lipinski definition) is 1. The number of carbonyl (C=O) groups excluding carboxylic acids is 2. The van der Waals surface area contributed by atoms with Crippen molar-refractivity contribution in [1.29, 1.82) is 0 Å². The second-order valence-electron chi connectivity index (χ2n) is 9.45. The van der Waals surface area contributed by atoms with Gasteiger partial charge in [0.2, 0.25) is 11.8 Å². The molecule has 1 spiro atoms. The summed E-state index contributed by atoms with van der Waals surface area (Å²) in [5, 5.41) is 3.00. The van der Waals surface area contributed by atoms with E-state index in [0.717, 1.165) is 5.56 Å². The molecule has 0 aliphatic carbocycles. The molecule has 6 rings (SSSR count). The second kappa shape index (κ2) is 7.35. The molecule has 5 atom stereocenters. The topological polar surface area (TPSA) is 77.1 Å². The summed E-state index contributed by atoms with van der Waals surface area (Å²) in [5.74, 6) is 0.0382. The molecule has 4 heterocycles. The molecular weight excluding hydrogens is 420 g/mol. The van der Waals surface area contributed by atoms with Gasteiger partial charge in [-0.25, -0.2) is 0 Å². The van der Waals surface area contributed by atoms with Crippen molar-refractivity contribution in [3.63, 3.8) is 0 Å². The number of hydrogen-bond acceptors (Lipinski definition) is 5. The second-order valence-corrected chi connectivity index (χ2v) is 9.45. The molecule has 0 saturated carbocycles. The first kappa shape index (κ1) is 20.3. The van der Waals surface area contributed by atoms with Crippen molar-refractivity contribution in [2.75, 3.05) is 19.7 Å². The fourth-order valence-electron chi connectivity index (χ4n) is 5.68. The number of nitrogens with zero attached hydrogens (tertiary/aromatic N) is 1. The maximum absolute atomic E-state index is 13.5. The van der Waals surface area contributed by atoms with Gasteiger partial charge in [0, 0.05) is 6.54 Å². The lowest BCUT2D eigenvalue weighted by Gasteiger charge is -2.31. The molecule has 2 amide bonds. The van der Waals surface area contributed by atoms with Crippen molar-refractivity contribution in [2.45, 2.75) is 30.8 Å². The van der Waals surface area contributed by atoms with Crippen LogP contribution in [-0.4, -0.2) is 53.7 Å². The fraction of sp³-hybridized carbons (Fsp3) is 0.385. The number of benzene rings is 2. The zero-order valence-corrected chi connectivity index (χ0v) is 18.4. The third kappa shape index (κ3) is 3.22. The summed E-state index contributed by atoms with van der Waals surface area (Å²) in [6, 6.07) is 17.4. The van der Waals surface area contributed by atoms with Crippen LogP contribution in [0.3, 0.4) is 0 Å². The fourth-order valence-corrected chi connectivity index (χ4v) is 5.68. The van der Waals surface area contributed by atoms with Gasteiger partial charge in [-0.1, -0.05) is 54.6 Å². The van der Waals surface area contributed by atoms with E-state index in [9.17, 15) is 9.59 Å². The van der Waals surface area contributed by atoms with Crippen molar-refractivity contribution < 1.29 is 23.8 Å². The summed E-state index contributed by atoms with van der Waals surface area (Å²) in [6.07, 6.45) is 3.64. The highest BCUT2D eigenvalue weighted by Crippen LogP contribution is 2.57. The zero-order valence-electron chi connectivity index (χ0n) is 18.4. The lowest BCUT2D eigenvalue weighted by atomic mass is 9.72. The standard InChI is InChI=1S/C26H26N2O5/c1-25-11-12-26(33-25)16-28(14-17-7-3-2-4-8-17)24(30)22(26)21(25)23(29)27-13-18-15-31-19-9-5-6-10-20(19)32-18/h2-12,18,21-22H,13-16H2,1H3,(H,27,29). The van der Waals surface area contributed by atoms with Gasteiger partial charge in [-0.15, -0.1) is 0 Å². The zero-order chi connectivity index (χ0) is 22.6. The van der Waals surface area contributed by atoms with E-state index in [0.29, 0.717) is 37.7 Å². The van der Waals surface area contributed by atoms with Crippen molar-refractivity contribution in [3.8, 4) is 11.5 Å². The Morgan fingerprint density at radius 3 is 2.67 bits per heavy atom. The number of nitrogens with one attached hydrogen (secondary N) is 1. The van der Waals surface area contributed by atoms with Gasteiger partial charge in [-0.05, 0) is 24.6 Å². The van der Waals surface area contributed by atoms with Crippen LogP contribution in [0.1, 0.15) is 12.5 Å². The number of ether oxygens (including phenoxy) is 3. The van der Waals surface area contributed by atoms with Crippen LogP contribution in [0.4, 0.5) is 0 Å². The minimum absolute atomic E-state index is 0.0294. The summed E-state index contributed by atoms with van der Waals surface area (Å²) in [6.45, 7) is 3.51. The van der Waals surface area contributed by atoms with Crippen molar-refractivity contribution in [2.24, 2.45) is 11.8 Å². The van der Waals surface area contributed by atoms with E-state index in [4.69, 9.17) is 14.2 Å². The van der Waals surface area contributed by atoms with E-state index in [1.807, 2.05) is 78.6 Å². The largest absolute Gasteiger partial charge is 0.486 e. The number of fused-ring (bicyclic) bond motifs is 2. The van der Waals surface area contributed by atoms with Crippen molar-refractivity contribution >= 4 is 11.8 Å². The van der Waals surface area contributed by atoms with Gasteiger partial charge in [0.05, 0.1) is 30.5 Å². The van der Waals surface area contributed by atoms with Crippen LogP contribution < -0.4 is 14.8 Å². The number of rotatable bonds is 5. The molecule has 1 N–H and O–H groups in total. The SMILES string of the molecule is CC12C=CC3(CN(Cc4ccccc4)C(=O)C3C1C(=O)NCC1COc3ccccc3O1)O2. The molecule has 0 aromatic heterocycles. The van der Waals surface area contributed by atoms with E-state index >= 15 is 0 Å². The smallest absolute Gasteiger partial charge is 0.230 e. The molecule has 170 valence electrons. The molecule has 2 bridgehead atoms. The first-order valence-electron chi connectivity index (χ1n) is 11.4. The average molecular weight is 447 g/mol. The van der Waals surface area contributed by atoms with Crippen LogP contribution in [0.5, 0.6) is 11.5 Å². The van der Waals surface area contributed by atoms with Crippen LogP contribution in [0.15, 0.2) is 66.7 Å². The van der Waals surface area contributed by atoms with Gasteiger partial charge >= 0.3 is 0 Å². The monoisotopic (exact) mass is 446 g/mol. The molecule has 2 aromatic carbocycles. The maximum atomic E-state index is 13.5. The third-order valence-electron chi connectivity index (χ3n) is 7.17. The Morgan fingerprint density at radius 2 is 1.85 bits per heavy atom. The molecule has 4 aliphatic heterocycles. The Labute approximate surface area is 192 Å². The van der Waals surface area contributed by atoms with Gasteiger partial charge in [-0.3, -0.25) is 9.59 Å². The maximum Gasteiger partial charge on any atom is 0.230 e. The molecule has 7 nitrogen and oxygen atoms in total. The molecule has 2 aromatic rings. The van der Waals surface area contributed by atoms with Crippen LogP contribution >= 0.6 is 0 Å². The molecule has 4 aliphatic rings. The van der Waals surface area contributed by atoms with Crippen LogP contribution in [-0.2, 0) is 20.9 Å². The third-order valence-corrected chi connectivity index (χ3v) is 7.17. The van der Waals surface area contributed by atoms with E-state index in [1.165, 1.54) is 0 Å². The summed E-state index contributed by atoms with van der Waals surface area (Å²) >= 11 is 0. The number of likely N-dealkylation sites (tertiary alicyclic amines) is 1. The van der Waals surface area contributed by atoms with Gasteiger partial charge in [0.15, 0.2) is 11.5 Å². The lowest BCUT2D eigenvalue weighted by molar-refractivity contribution is -0.139. The van der Waals surface area contributed by atoms with Gasteiger partial charge < -0.3 is 24.4 Å². The summed E-state index contributed by atoms with van der Waals surface area (Å²) in [7, 11) is 0. The Bertz CT molecular complexity index is 1130. The molecule has 5 unspecified atom stereocenters. The molecule has 0 radical (unpaired) electrons. The molecule has 2 fully saturated rings. The molecule has 2 saturated heterocycles. The highest BCUT2D eigenvalue weighted by molar-refractivity contribution is 5.93. The van der Waals surface area contributed by atoms with Crippen LogP contribution in [0.2, 0.25) is 0 Å². The van der Waals surface area contributed by atoms with E-state index in [2.05, 4.69) is 5.32 Å². The predicted molar refractivity (Wildman–Crippen MR) is 120 cm³/mol. The Kier molecular flexibility index (Phi) is 4.52. The molecular formula is C26H26N2O5. The van der Waals surface area contributed by atoms with E-state index in [-0.39, 0.29) is 17.9 Å². The van der Waals surface area contributed by atoms with Gasteiger partial charge in [0.1, 0.15) is 18.3 Å². The summed E-state index contributed by atoms with van der Waals surface area (Å²) in [5.41, 5.74) is -0.478. The molecule has 7 heteroatoms. The Balaban J connectivity index is 1.17. The van der Waals surface area contributed by atoms with E-state index < -0.39 is 23.0 Å². The summed E-state index contributed by atoms with van der Waals surface area (Å²) in [4.78, 5) is 28.7. The van der Waals surface area contributed by atoms with Gasteiger partial charge in [-0.2, -0.15) is 0 Å². The number of para-hydroxylation sites is 2. The number of carbonyl (C=O) groups is 2. The van der Waals surface area contributed by atoms with Crippen molar-refractivity contribution in [3.05, 3.63) is 72.3 Å². The Morgan fingerprint density at radius 1 is 1.09 bits per heavy atom. The molecule has 33 heavy (non-hydrogen) atoms. The average Bonchev–Trinajstić information content (AvgIpc) is 3.40. The summed E-state index contributed by atoms with van der Waals surface area (Å²) < 4.78 is 18.1. The highest BCUT2D eigenvalue weighted by atomic mass is 16.6. The predicted octanol–water partition coefficient (Wildman–Crippen LogP) is 2.31. The van der Waals surface area contributed by atoms with Crippen LogP contribution in [0.25, 0.3) is 0 Å². The first-order chi connectivity index (χ1) is 16.0.